The van der Waals surface area contributed by atoms with Crippen LogP contribution < -0.4 is 0 Å². The zero-order chi connectivity index (χ0) is 30.4. The molecule has 10 aromatic rings. The summed E-state index contributed by atoms with van der Waals surface area (Å²) in [4.78, 5) is 0. The first-order valence-electron chi connectivity index (χ1n) is 15.5. The summed E-state index contributed by atoms with van der Waals surface area (Å²) in [5.74, 6) is -0.228. The zero-order valence-electron chi connectivity index (χ0n) is 24.6. The van der Waals surface area contributed by atoms with Gasteiger partial charge in [-0.3, -0.25) is 0 Å². The Bertz CT molecular complexity index is 2820. The molecule has 0 aliphatic carbocycles. The fourth-order valence-electron chi connectivity index (χ4n) is 7.42. The Labute approximate surface area is 262 Å². The molecule has 10 rings (SSSR count). The van der Waals surface area contributed by atoms with E-state index < -0.39 is 0 Å². The summed E-state index contributed by atoms with van der Waals surface area (Å²) >= 11 is 0. The fourth-order valence-corrected chi connectivity index (χ4v) is 7.42. The van der Waals surface area contributed by atoms with E-state index >= 15 is 0 Å². The molecule has 0 saturated heterocycles. The molecule has 0 saturated carbocycles. The van der Waals surface area contributed by atoms with Crippen LogP contribution in [0.4, 0.5) is 4.39 Å². The molecule has 0 fully saturated rings. The van der Waals surface area contributed by atoms with E-state index in [2.05, 4.69) is 118 Å². The molecule has 0 N–H and O–H groups in total. The Balaban J connectivity index is 1.18. The number of aromatic nitrogens is 2. The van der Waals surface area contributed by atoms with Crippen LogP contribution in [0.15, 0.2) is 156 Å². The van der Waals surface area contributed by atoms with Gasteiger partial charge in [-0.15, -0.1) is 0 Å². The average molecular weight is 593 g/mol. The molecule has 0 amide bonds. The number of para-hydroxylation sites is 4. The molecule has 46 heavy (non-hydrogen) atoms. The number of nitrogens with zero attached hydrogens (tertiary/aromatic N) is 2. The first-order chi connectivity index (χ1) is 22.7. The number of rotatable bonds is 3. The minimum absolute atomic E-state index is 0.228. The molecule has 216 valence electrons. The van der Waals surface area contributed by atoms with Crippen molar-refractivity contribution >= 4 is 65.6 Å². The van der Waals surface area contributed by atoms with Gasteiger partial charge >= 0.3 is 0 Å². The maximum absolute atomic E-state index is 14.3. The second kappa shape index (κ2) is 9.43. The van der Waals surface area contributed by atoms with Crippen LogP contribution in [0.3, 0.4) is 0 Å². The highest BCUT2D eigenvalue weighted by Crippen LogP contribution is 2.42. The lowest BCUT2D eigenvalue weighted by Gasteiger charge is -2.15. The molecule has 3 aromatic heterocycles. The van der Waals surface area contributed by atoms with Gasteiger partial charge in [-0.2, -0.15) is 0 Å². The van der Waals surface area contributed by atoms with Gasteiger partial charge in [0.25, 0.3) is 0 Å². The molecular formula is C42H25FN2O. The van der Waals surface area contributed by atoms with Gasteiger partial charge < -0.3 is 13.6 Å². The fraction of sp³-hybridized carbons (Fsp3) is 0. The summed E-state index contributed by atoms with van der Waals surface area (Å²) in [5.41, 5.74) is 10.5. The molecule has 7 aromatic carbocycles. The molecule has 0 bridgehead atoms. The van der Waals surface area contributed by atoms with Crippen molar-refractivity contribution in [1.82, 2.24) is 9.13 Å². The van der Waals surface area contributed by atoms with E-state index in [-0.39, 0.29) is 5.82 Å². The van der Waals surface area contributed by atoms with Crippen molar-refractivity contribution in [3.8, 4) is 22.5 Å². The molecule has 0 radical (unpaired) electrons. The summed E-state index contributed by atoms with van der Waals surface area (Å²) in [6, 6.07) is 51.7. The van der Waals surface area contributed by atoms with E-state index in [1.54, 1.807) is 6.07 Å². The molecule has 0 aliphatic rings. The number of furan rings is 1. The van der Waals surface area contributed by atoms with E-state index in [1.807, 2.05) is 30.3 Å². The van der Waals surface area contributed by atoms with Crippen molar-refractivity contribution in [2.75, 3.05) is 0 Å². The van der Waals surface area contributed by atoms with E-state index in [0.717, 1.165) is 88.1 Å². The van der Waals surface area contributed by atoms with Crippen molar-refractivity contribution in [1.29, 1.82) is 0 Å². The highest BCUT2D eigenvalue weighted by Gasteiger charge is 2.20. The van der Waals surface area contributed by atoms with E-state index in [0.29, 0.717) is 0 Å². The molecule has 0 atom stereocenters. The SMILES string of the molecule is Fc1ccc2c(c1)c1ccccc1n2-c1ccc(-c2ccccc2-n2c3ccccc3c3c4oc5ccccc5c4ccc32)cc1. The molecule has 4 heteroatoms. The van der Waals surface area contributed by atoms with Crippen molar-refractivity contribution in [2.24, 2.45) is 0 Å². The predicted molar refractivity (Wildman–Crippen MR) is 188 cm³/mol. The molecule has 0 aliphatic heterocycles. The van der Waals surface area contributed by atoms with Gasteiger partial charge in [0, 0.05) is 38.2 Å². The minimum Gasteiger partial charge on any atom is -0.455 e. The summed E-state index contributed by atoms with van der Waals surface area (Å²) in [6.45, 7) is 0. The lowest BCUT2D eigenvalue weighted by atomic mass is 10.0. The maximum Gasteiger partial charge on any atom is 0.145 e. The second-order valence-corrected chi connectivity index (χ2v) is 11.9. The average Bonchev–Trinajstić information content (AvgIpc) is 3.76. The Hall–Kier alpha value is -6.13. The third kappa shape index (κ3) is 3.47. The van der Waals surface area contributed by atoms with E-state index in [1.165, 1.54) is 6.07 Å². The van der Waals surface area contributed by atoms with Gasteiger partial charge in [-0.25, -0.2) is 4.39 Å². The second-order valence-electron chi connectivity index (χ2n) is 11.9. The Morgan fingerprint density at radius 2 is 1.11 bits per heavy atom. The third-order valence-electron chi connectivity index (χ3n) is 9.40. The number of hydrogen-bond donors (Lipinski definition) is 0. The van der Waals surface area contributed by atoms with Gasteiger partial charge in [0.05, 0.1) is 33.1 Å². The number of hydrogen-bond acceptors (Lipinski definition) is 1. The van der Waals surface area contributed by atoms with Crippen LogP contribution in [0.2, 0.25) is 0 Å². The maximum atomic E-state index is 14.3. The molecule has 3 nitrogen and oxygen atoms in total. The van der Waals surface area contributed by atoms with Crippen LogP contribution >= 0.6 is 0 Å². The van der Waals surface area contributed by atoms with Crippen LogP contribution in [0.1, 0.15) is 0 Å². The topological polar surface area (TPSA) is 23.0 Å². The standard InChI is InChI=1S/C42H25FN2O/c43-27-19-23-38-34(25-27)30-10-2-6-14-36(30)44(38)28-20-17-26(18-21-28)29-9-1-5-13-35(29)45-37-15-7-3-12-33(37)41-39(45)24-22-32-31-11-4-8-16-40(31)46-42(32)41/h1-25H. The van der Waals surface area contributed by atoms with Crippen LogP contribution in [0.5, 0.6) is 0 Å². The van der Waals surface area contributed by atoms with Crippen LogP contribution in [0, 0.1) is 5.82 Å². The lowest BCUT2D eigenvalue weighted by molar-refractivity contribution is 0.629. The van der Waals surface area contributed by atoms with Gasteiger partial charge in [-0.05, 0) is 72.3 Å². The molecular weight excluding hydrogens is 567 g/mol. The largest absolute Gasteiger partial charge is 0.455 e. The summed E-state index contributed by atoms with van der Waals surface area (Å²) in [7, 11) is 0. The van der Waals surface area contributed by atoms with Gasteiger partial charge in [0.2, 0.25) is 0 Å². The van der Waals surface area contributed by atoms with Crippen LogP contribution in [-0.2, 0) is 0 Å². The van der Waals surface area contributed by atoms with Gasteiger partial charge in [0.15, 0.2) is 0 Å². The quantitative estimate of drug-likeness (QED) is 0.200. The summed E-state index contributed by atoms with van der Waals surface area (Å²) < 4.78 is 25.4. The van der Waals surface area contributed by atoms with Crippen LogP contribution in [-0.4, -0.2) is 9.13 Å². The zero-order valence-corrected chi connectivity index (χ0v) is 24.6. The lowest BCUT2D eigenvalue weighted by Crippen LogP contribution is -1.98. The third-order valence-corrected chi connectivity index (χ3v) is 9.40. The smallest absolute Gasteiger partial charge is 0.145 e. The van der Waals surface area contributed by atoms with Gasteiger partial charge in [0.1, 0.15) is 17.0 Å². The molecule has 3 heterocycles. The summed E-state index contributed by atoms with van der Waals surface area (Å²) in [6.07, 6.45) is 0. The van der Waals surface area contributed by atoms with Crippen molar-refractivity contribution in [3.05, 3.63) is 157 Å². The Kier molecular flexibility index (Phi) is 5.17. The number of benzene rings is 7. The van der Waals surface area contributed by atoms with E-state index in [9.17, 15) is 4.39 Å². The van der Waals surface area contributed by atoms with Crippen molar-refractivity contribution in [3.63, 3.8) is 0 Å². The number of fused-ring (bicyclic) bond motifs is 10. The highest BCUT2D eigenvalue weighted by atomic mass is 19.1. The predicted octanol–water partition coefficient (Wildman–Crippen LogP) is 11.6. The highest BCUT2D eigenvalue weighted by molar-refractivity contribution is 6.24. The van der Waals surface area contributed by atoms with E-state index in [4.69, 9.17) is 4.42 Å². The minimum atomic E-state index is -0.228. The number of halogens is 1. The van der Waals surface area contributed by atoms with Crippen LogP contribution in [0.25, 0.3) is 88.1 Å². The first kappa shape index (κ1) is 25.2. The Morgan fingerprint density at radius 3 is 1.96 bits per heavy atom. The molecule has 0 spiro atoms. The normalized spacial score (nSPS) is 12.0. The Morgan fingerprint density at radius 1 is 0.457 bits per heavy atom. The van der Waals surface area contributed by atoms with Crippen molar-refractivity contribution in [2.45, 2.75) is 0 Å². The summed E-state index contributed by atoms with van der Waals surface area (Å²) in [5, 5.41) is 6.49. The van der Waals surface area contributed by atoms with Gasteiger partial charge in [-0.1, -0.05) is 84.9 Å². The molecule has 0 unspecified atom stereocenters. The monoisotopic (exact) mass is 592 g/mol. The van der Waals surface area contributed by atoms with Crippen molar-refractivity contribution < 1.29 is 8.81 Å². The first-order valence-corrected chi connectivity index (χ1v) is 15.5.